The monoisotopic (exact) mass is 389 g/mol. The van der Waals surface area contributed by atoms with Crippen LogP contribution in [0.4, 0.5) is 4.79 Å². The fourth-order valence-electron chi connectivity index (χ4n) is 3.88. The van der Waals surface area contributed by atoms with Gasteiger partial charge in [0.1, 0.15) is 11.1 Å². The Bertz CT molecular complexity index is 959. The number of nitrogens with zero attached hydrogens (tertiary/aromatic N) is 1. The molecule has 2 aliphatic rings. The van der Waals surface area contributed by atoms with Gasteiger partial charge in [0.05, 0.1) is 0 Å². The lowest BCUT2D eigenvalue weighted by molar-refractivity contribution is -0.134. The smallest absolute Gasteiger partial charge is 0.344 e. The average molecular weight is 390 g/mol. The first-order chi connectivity index (χ1) is 12.8. The summed E-state index contributed by atoms with van der Waals surface area (Å²) >= 11 is 6.00. The molecule has 4 rings (SSSR count). The number of rotatable bonds is 2. The number of imide groups is 1. The second-order valence-electron chi connectivity index (χ2n) is 7.47. The van der Waals surface area contributed by atoms with Gasteiger partial charge in [0.2, 0.25) is 0 Å². The maximum atomic E-state index is 12.8. The molecule has 1 aliphatic heterocycles. The summed E-state index contributed by atoms with van der Waals surface area (Å²) in [6.07, 6.45) is 2.87. The van der Waals surface area contributed by atoms with Crippen molar-refractivity contribution in [2.75, 3.05) is 0 Å². The van der Waals surface area contributed by atoms with Crippen LogP contribution in [0.25, 0.3) is 11.0 Å². The lowest BCUT2D eigenvalue weighted by atomic mass is 9.77. The number of hydrazine groups is 1. The number of fused-ring (bicyclic) bond motifs is 1. The van der Waals surface area contributed by atoms with Crippen LogP contribution in [0.1, 0.15) is 48.7 Å². The molecule has 142 valence electrons. The number of halogens is 1. The Kier molecular flexibility index (Phi) is 4.14. The molecule has 0 atom stereocenters. The molecule has 1 saturated heterocycles. The normalized spacial score (nSPS) is 25.3. The molecule has 4 amide bonds. The van der Waals surface area contributed by atoms with E-state index in [-0.39, 0.29) is 5.76 Å². The van der Waals surface area contributed by atoms with Crippen molar-refractivity contribution in [1.29, 1.82) is 0 Å². The van der Waals surface area contributed by atoms with Crippen LogP contribution in [0, 0.1) is 12.8 Å². The van der Waals surface area contributed by atoms with Gasteiger partial charge in [-0.2, -0.15) is 5.01 Å². The lowest BCUT2D eigenvalue weighted by Gasteiger charge is -2.33. The van der Waals surface area contributed by atoms with Crippen molar-refractivity contribution in [2.24, 2.45) is 5.92 Å². The molecular formula is C19H20ClN3O4. The van der Waals surface area contributed by atoms with Gasteiger partial charge in [-0.1, -0.05) is 18.5 Å². The first kappa shape index (κ1) is 17.9. The van der Waals surface area contributed by atoms with Crippen molar-refractivity contribution < 1.29 is 18.8 Å². The lowest BCUT2D eigenvalue weighted by Crippen LogP contribution is -2.51. The summed E-state index contributed by atoms with van der Waals surface area (Å²) < 4.78 is 5.61. The highest BCUT2D eigenvalue weighted by atomic mass is 35.5. The molecule has 1 aliphatic carbocycles. The maximum absolute atomic E-state index is 12.8. The minimum atomic E-state index is -0.909. The topological polar surface area (TPSA) is 91.7 Å². The highest BCUT2D eigenvalue weighted by Gasteiger charge is 2.53. The van der Waals surface area contributed by atoms with Crippen LogP contribution in [0.3, 0.4) is 0 Å². The fourth-order valence-corrected chi connectivity index (χ4v) is 4.05. The van der Waals surface area contributed by atoms with Crippen molar-refractivity contribution in [3.05, 3.63) is 34.5 Å². The molecule has 1 aromatic carbocycles. The van der Waals surface area contributed by atoms with E-state index in [0.717, 1.165) is 17.9 Å². The Morgan fingerprint density at radius 1 is 1.33 bits per heavy atom. The van der Waals surface area contributed by atoms with Gasteiger partial charge in [-0.15, -0.1) is 0 Å². The molecular weight excluding hydrogens is 370 g/mol. The number of aryl methyl sites for hydroxylation is 1. The van der Waals surface area contributed by atoms with Crippen LogP contribution in [0.5, 0.6) is 0 Å². The first-order valence-electron chi connectivity index (χ1n) is 8.97. The molecule has 7 nitrogen and oxygen atoms in total. The van der Waals surface area contributed by atoms with E-state index in [4.69, 9.17) is 16.0 Å². The van der Waals surface area contributed by atoms with Crippen LogP contribution in [-0.4, -0.2) is 28.4 Å². The SMILES string of the molecule is Cc1c(C(=O)NN2C(=O)NC3(CCC(C)CC3)C2=O)oc2ccc(Cl)cc12. The van der Waals surface area contributed by atoms with Gasteiger partial charge in [0.25, 0.3) is 5.91 Å². The summed E-state index contributed by atoms with van der Waals surface area (Å²) in [5.74, 6) is -0.491. The quantitative estimate of drug-likeness (QED) is 0.768. The molecule has 2 aromatic rings. The van der Waals surface area contributed by atoms with E-state index in [1.807, 2.05) is 0 Å². The average Bonchev–Trinajstić information content (AvgIpc) is 3.07. The summed E-state index contributed by atoms with van der Waals surface area (Å²) in [4.78, 5) is 37.9. The molecule has 8 heteroatoms. The van der Waals surface area contributed by atoms with Crippen molar-refractivity contribution in [2.45, 2.75) is 45.1 Å². The fraction of sp³-hybridized carbons (Fsp3) is 0.421. The Morgan fingerprint density at radius 2 is 2.04 bits per heavy atom. The summed E-state index contributed by atoms with van der Waals surface area (Å²) in [6, 6.07) is 4.44. The predicted molar refractivity (Wildman–Crippen MR) is 99.2 cm³/mol. The molecule has 1 saturated carbocycles. The molecule has 27 heavy (non-hydrogen) atoms. The van der Waals surface area contributed by atoms with E-state index >= 15 is 0 Å². The van der Waals surface area contributed by atoms with Gasteiger partial charge in [-0.25, -0.2) is 10.2 Å². The minimum Gasteiger partial charge on any atom is -0.451 e. The molecule has 0 radical (unpaired) electrons. The van der Waals surface area contributed by atoms with Crippen LogP contribution >= 0.6 is 11.6 Å². The molecule has 2 fully saturated rings. The second kappa shape index (κ2) is 6.27. The number of amides is 4. The van der Waals surface area contributed by atoms with Gasteiger partial charge in [-0.3, -0.25) is 9.59 Å². The number of hydrogen-bond acceptors (Lipinski definition) is 4. The summed E-state index contributed by atoms with van der Waals surface area (Å²) in [6.45, 7) is 3.86. The van der Waals surface area contributed by atoms with E-state index in [1.165, 1.54) is 0 Å². The molecule has 2 heterocycles. The first-order valence-corrected chi connectivity index (χ1v) is 9.35. The van der Waals surface area contributed by atoms with Crippen LogP contribution in [-0.2, 0) is 4.79 Å². The summed E-state index contributed by atoms with van der Waals surface area (Å²) in [5.41, 5.74) is 2.60. The number of carbonyl (C=O) groups excluding carboxylic acids is 3. The minimum absolute atomic E-state index is 0.0473. The standard InChI is InChI=1S/C19H20ClN3O4/c1-10-5-7-19(8-6-10)17(25)23(18(26)21-19)22-16(24)15-11(2)13-9-12(20)3-4-14(13)27-15/h3-4,9-10H,5-8H2,1-2H3,(H,21,26)(H,22,24). The third-order valence-electron chi connectivity index (χ3n) is 5.61. The number of furan rings is 1. The van der Waals surface area contributed by atoms with Gasteiger partial charge >= 0.3 is 11.9 Å². The third kappa shape index (κ3) is 2.86. The maximum Gasteiger partial charge on any atom is 0.344 e. The van der Waals surface area contributed by atoms with Crippen molar-refractivity contribution in [3.8, 4) is 0 Å². The van der Waals surface area contributed by atoms with Crippen molar-refractivity contribution >= 4 is 40.4 Å². The van der Waals surface area contributed by atoms with E-state index in [0.29, 0.717) is 40.3 Å². The van der Waals surface area contributed by atoms with E-state index in [1.54, 1.807) is 25.1 Å². The number of nitrogens with one attached hydrogen (secondary N) is 2. The van der Waals surface area contributed by atoms with Crippen molar-refractivity contribution in [3.63, 3.8) is 0 Å². The predicted octanol–water partition coefficient (Wildman–Crippen LogP) is 3.54. The second-order valence-corrected chi connectivity index (χ2v) is 7.91. The van der Waals surface area contributed by atoms with Gasteiger partial charge in [0, 0.05) is 16.0 Å². The number of urea groups is 1. The number of hydrogen-bond donors (Lipinski definition) is 2. The van der Waals surface area contributed by atoms with Crippen LogP contribution in [0.15, 0.2) is 22.6 Å². The Balaban J connectivity index is 1.57. The van der Waals surface area contributed by atoms with Gasteiger partial charge in [0.15, 0.2) is 5.76 Å². The van der Waals surface area contributed by atoms with Crippen molar-refractivity contribution in [1.82, 2.24) is 15.8 Å². The molecule has 2 N–H and O–H groups in total. The van der Waals surface area contributed by atoms with Gasteiger partial charge in [-0.05, 0) is 56.7 Å². The van der Waals surface area contributed by atoms with E-state index < -0.39 is 23.4 Å². The summed E-state index contributed by atoms with van der Waals surface area (Å²) in [7, 11) is 0. The summed E-state index contributed by atoms with van der Waals surface area (Å²) in [5, 5.41) is 4.78. The largest absolute Gasteiger partial charge is 0.451 e. The highest BCUT2D eigenvalue weighted by molar-refractivity contribution is 6.31. The number of carbonyl (C=O) groups is 3. The Labute approximate surface area is 161 Å². The Hall–Kier alpha value is -2.54. The van der Waals surface area contributed by atoms with E-state index in [2.05, 4.69) is 17.7 Å². The number of benzene rings is 1. The molecule has 0 bridgehead atoms. The van der Waals surface area contributed by atoms with Gasteiger partial charge < -0.3 is 9.73 Å². The Morgan fingerprint density at radius 3 is 2.74 bits per heavy atom. The molecule has 1 aromatic heterocycles. The zero-order valence-corrected chi connectivity index (χ0v) is 15.9. The molecule has 0 unspecified atom stereocenters. The zero-order chi connectivity index (χ0) is 19.3. The highest BCUT2D eigenvalue weighted by Crippen LogP contribution is 2.36. The van der Waals surface area contributed by atoms with Crippen LogP contribution in [0.2, 0.25) is 5.02 Å². The third-order valence-corrected chi connectivity index (χ3v) is 5.84. The van der Waals surface area contributed by atoms with E-state index in [9.17, 15) is 14.4 Å². The van der Waals surface area contributed by atoms with Crippen LogP contribution < -0.4 is 10.7 Å². The zero-order valence-electron chi connectivity index (χ0n) is 15.1. The molecule has 1 spiro atoms.